The summed E-state index contributed by atoms with van der Waals surface area (Å²) in [5, 5.41) is 9.87. The molecule has 1 fully saturated rings. The van der Waals surface area contributed by atoms with E-state index in [0.717, 1.165) is 18.3 Å². The van der Waals surface area contributed by atoms with Crippen LogP contribution in [0.4, 0.5) is 22.0 Å². The zero-order valence-corrected chi connectivity index (χ0v) is 21.4. The molecule has 1 aliphatic heterocycles. The number of hydrogen-bond acceptors (Lipinski definition) is 5. The third-order valence-electron chi connectivity index (χ3n) is 7.39. The van der Waals surface area contributed by atoms with Crippen molar-refractivity contribution in [1.82, 2.24) is 9.88 Å². The highest BCUT2D eigenvalue weighted by Crippen LogP contribution is 2.43. The maximum Gasteiger partial charge on any atom is 0.303 e. The van der Waals surface area contributed by atoms with Crippen LogP contribution in [0, 0.1) is 28.7 Å². The zero-order chi connectivity index (χ0) is 28.2. The minimum atomic E-state index is -1.67. The molecule has 4 rings (SSSR count). The van der Waals surface area contributed by atoms with Gasteiger partial charge < -0.3 is 14.6 Å². The Morgan fingerprint density at radius 3 is 2.41 bits per heavy atom. The Labute approximate surface area is 222 Å². The van der Waals surface area contributed by atoms with Crippen molar-refractivity contribution in [1.29, 1.82) is 0 Å². The number of fused-ring (bicyclic) bond motifs is 1. The molecule has 6 nitrogen and oxygen atoms in total. The molecule has 2 heterocycles. The van der Waals surface area contributed by atoms with Gasteiger partial charge in [0.25, 0.3) is 0 Å². The monoisotopic (exact) mass is 552 g/mol. The van der Waals surface area contributed by atoms with Crippen molar-refractivity contribution in [3.63, 3.8) is 0 Å². The molecule has 1 aromatic heterocycles. The smallest absolute Gasteiger partial charge is 0.303 e. The quantitative estimate of drug-likeness (QED) is 0.225. The van der Waals surface area contributed by atoms with Gasteiger partial charge >= 0.3 is 5.97 Å². The van der Waals surface area contributed by atoms with E-state index in [4.69, 9.17) is 9.47 Å². The second-order valence-corrected chi connectivity index (χ2v) is 9.87. The van der Waals surface area contributed by atoms with Gasteiger partial charge in [0, 0.05) is 29.6 Å². The van der Waals surface area contributed by atoms with Gasteiger partial charge in [0.2, 0.25) is 0 Å². The Balaban J connectivity index is 1.38. The maximum atomic E-state index is 15.6. The van der Waals surface area contributed by atoms with E-state index in [1.165, 1.54) is 13.2 Å². The van der Waals surface area contributed by atoms with E-state index in [2.05, 4.69) is 4.98 Å². The maximum absolute atomic E-state index is 15.6. The largest absolute Gasteiger partial charge is 0.497 e. The van der Waals surface area contributed by atoms with E-state index in [9.17, 15) is 27.5 Å². The van der Waals surface area contributed by atoms with Crippen LogP contribution in [0.2, 0.25) is 0 Å². The fourth-order valence-electron chi connectivity index (χ4n) is 5.19. The number of piperidine rings is 1. The molecule has 1 saturated heterocycles. The van der Waals surface area contributed by atoms with Gasteiger partial charge in [-0.2, -0.15) is 0 Å². The lowest BCUT2D eigenvalue weighted by Crippen LogP contribution is -2.42. The molecule has 1 atom stereocenters. The van der Waals surface area contributed by atoms with Crippen molar-refractivity contribution < 1.29 is 41.3 Å². The number of carbonyl (C=O) groups is 1. The minimum absolute atomic E-state index is 0.0642. The molecular weight excluding hydrogens is 523 g/mol. The molecule has 1 aliphatic rings. The number of halogens is 5. The first-order valence-electron chi connectivity index (χ1n) is 12.6. The van der Waals surface area contributed by atoms with Crippen LogP contribution in [0.1, 0.15) is 43.8 Å². The Bertz CT molecular complexity index is 1310. The zero-order valence-electron chi connectivity index (χ0n) is 21.4. The number of aliphatic carboxylic acids is 1. The van der Waals surface area contributed by atoms with Crippen LogP contribution < -0.4 is 9.47 Å². The first kappa shape index (κ1) is 28.5. The summed E-state index contributed by atoms with van der Waals surface area (Å²) in [6.07, 6.45) is 0.289. The van der Waals surface area contributed by atoms with E-state index in [1.54, 1.807) is 12.1 Å². The average molecular weight is 553 g/mol. The number of carboxylic acids is 1. The standard InChI is InChI=1S/C28H29F5N2O4/c1-38-17-2-3-24-19(12-17)26(23(32)16-34-24)20(29)4-5-28(15-25(36)37)6-8-35(9-7-28)10-11-39-18-13-21(30)27(33)22(31)14-18/h2-3,12-14,16,20H,4-11,15H2,1H3,(H,36,37)/t20-/m0/s1. The Morgan fingerprint density at radius 1 is 1.08 bits per heavy atom. The SMILES string of the molecule is COc1ccc2ncc(F)c([C@@H](F)CCC3(CC(=O)O)CCN(CCOc4cc(F)c(F)c(F)c4)CC3)c2c1. The molecule has 2 aromatic carbocycles. The van der Waals surface area contributed by atoms with Gasteiger partial charge in [0.1, 0.15) is 30.1 Å². The van der Waals surface area contributed by atoms with Crippen molar-refractivity contribution in [3.05, 3.63) is 65.4 Å². The summed E-state index contributed by atoms with van der Waals surface area (Å²) >= 11 is 0. The summed E-state index contributed by atoms with van der Waals surface area (Å²) in [5.41, 5.74) is -0.363. The number of pyridine rings is 1. The minimum Gasteiger partial charge on any atom is -0.497 e. The predicted octanol–water partition coefficient (Wildman–Crippen LogP) is 6.23. The first-order chi connectivity index (χ1) is 18.6. The van der Waals surface area contributed by atoms with E-state index in [0.29, 0.717) is 49.1 Å². The van der Waals surface area contributed by atoms with Crippen molar-refractivity contribution in [2.45, 2.75) is 38.3 Å². The van der Waals surface area contributed by atoms with E-state index in [1.807, 2.05) is 4.90 Å². The van der Waals surface area contributed by atoms with Crippen molar-refractivity contribution >= 4 is 16.9 Å². The number of alkyl halides is 1. The van der Waals surface area contributed by atoms with Gasteiger partial charge in [-0.25, -0.2) is 22.0 Å². The summed E-state index contributed by atoms with van der Waals surface area (Å²) in [6.45, 7) is 1.49. The Hall–Kier alpha value is -3.47. The molecule has 0 bridgehead atoms. The van der Waals surface area contributed by atoms with Crippen molar-refractivity contribution in [3.8, 4) is 11.5 Å². The fraction of sp³-hybridized carbons (Fsp3) is 0.429. The third-order valence-corrected chi connectivity index (χ3v) is 7.39. The number of rotatable bonds is 11. The van der Waals surface area contributed by atoms with Gasteiger partial charge in [0.05, 0.1) is 25.2 Å². The predicted molar refractivity (Wildman–Crippen MR) is 134 cm³/mol. The summed E-state index contributed by atoms with van der Waals surface area (Å²) in [5.74, 6) is -5.71. The van der Waals surface area contributed by atoms with Gasteiger partial charge in [0.15, 0.2) is 17.5 Å². The normalized spacial score (nSPS) is 16.3. The molecule has 3 aromatic rings. The number of hydrogen-bond donors (Lipinski definition) is 1. The Morgan fingerprint density at radius 2 is 1.77 bits per heavy atom. The van der Waals surface area contributed by atoms with Gasteiger partial charge in [-0.15, -0.1) is 0 Å². The lowest BCUT2D eigenvalue weighted by molar-refractivity contribution is -0.141. The van der Waals surface area contributed by atoms with Gasteiger partial charge in [-0.1, -0.05) is 0 Å². The van der Waals surface area contributed by atoms with E-state index < -0.39 is 40.8 Å². The molecule has 0 radical (unpaired) electrons. The van der Waals surface area contributed by atoms with Crippen LogP contribution in [0.3, 0.4) is 0 Å². The lowest BCUT2D eigenvalue weighted by Gasteiger charge is -2.41. The molecule has 210 valence electrons. The number of methoxy groups -OCH3 is 1. The number of likely N-dealkylation sites (tertiary alicyclic amines) is 1. The fourth-order valence-corrected chi connectivity index (χ4v) is 5.19. The highest BCUT2D eigenvalue weighted by atomic mass is 19.2. The van der Waals surface area contributed by atoms with Crippen LogP contribution in [0.25, 0.3) is 10.9 Å². The molecule has 11 heteroatoms. The highest BCUT2D eigenvalue weighted by Gasteiger charge is 2.37. The summed E-state index contributed by atoms with van der Waals surface area (Å²) in [7, 11) is 1.46. The third kappa shape index (κ3) is 6.76. The summed E-state index contributed by atoms with van der Waals surface area (Å²) in [6, 6.07) is 6.35. The Kier molecular flexibility index (Phi) is 8.89. The molecule has 39 heavy (non-hydrogen) atoms. The topological polar surface area (TPSA) is 71.9 Å². The molecule has 1 N–H and O–H groups in total. The van der Waals surface area contributed by atoms with Crippen LogP contribution in [0.15, 0.2) is 36.5 Å². The van der Waals surface area contributed by atoms with Crippen molar-refractivity contribution in [2.75, 3.05) is 33.4 Å². The molecule has 0 spiro atoms. The molecule has 0 saturated carbocycles. The van der Waals surface area contributed by atoms with E-state index in [-0.39, 0.29) is 37.2 Å². The summed E-state index contributed by atoms with van der Waals surface area (Å²) < 4.78 is 80.7. The van der Waals surface area contributed by atoms with Crippen LogP contribution >= 0.6 is 0 Å². The second-order valence-electron chi connectivity index (χ2n) is 9.87. The number of nitrogens with zero attached hydrogens (tertiary/aromatic N) is 2. The first-order valence-corrected chi connectivity index (χ1v) is 12.6. The lowest BCUT2D eigenvalue weighted by atomic mass is 9.71. The highest BCUT2D eigenvalue weighted by molar-refractivity contribution is 5.84. The number of carboxylic acid groups (broad SMARTS) is 1. The molecule has 0 aliphatic carbocycles. The second kappa shape index (κ2) is 12.1. The number of ether oxygens (including phenoxy) is 2. The van der Waals surface area contributed by atoms with Crippen LogP contribution in [-0.2, 0) is 4.79 Å². The van der Waals surface area contributed by atoms with Gasteiger partial charge in [-0.3, -0.25) is 14.7 Å². The van der Waals surface area contributed by atoms with Crippen molar-refractivity contribution in [2.24, 2.45) is 5.41 Å². The van der Waals surface area contributed by atoms with Crippen LogP contribution in [0.5, 0.6) is 11.5 Å². The number of aromatic nitrogens is 1. The van der Waals surface area contributed by atoms with E-state index >= 15 is 4.39 Å². The van der Waals surface area contributed by atoms with Gasteiger partial charge in [-0.05, 0) is 62.4 Å². The number of benzene rings is 2. The average Bonchev–Trinajstić information content (AvgIpc) is 2.90. The summed E-state index contributed by atoms with van der Waals surface area (Å²) in [4.78, 5) is 17.7. The van der Waals surface area contributed by atoms with Crippen LogP contribution in [-0.4, -0.2) is 54.3 Å². The molecular formula is C28H29F5N2O4. The molecule has 0 amide bonds. The molecule has 0 unspecified atom stereocenters.